The lowest BCUT2D eigenvalue weighted by molar-refractivity contribution is -0.120. The molecule has 2 aromatic rings. The summed E-state index contributed by atoms with van der Waals surface area (Å²) in [5.41, 5.74) is 0. The largest absolute Gasteiger partial charge is 0.492 e. The van der Waals surface area contributed by atoms with Gasteiger partial charge in [0.1, 0.15) is 12.4 Å². The zero-order valence-corrected chi connectivity index (χ0v) is 20.5. The van der Waals surface area contributed by atoms with E-state index < -0.39 is 10.0 Å². The van der Waals surface area contributed by atoms with Crippen molar-refractivity contribution in [3.63, 3.8) is 0 Å². The summed E-state index contributed by atoms with van der Waals surface area (Å²) in [6.45, 7) is 3.80. The quantitative estimate of drug-likeness (QED) is 0.385. The molecule has 32 heavy (non-hydrogen) atoms. The molecular weight excluding hydrogens is 468 g/mol. The molecule has 0 bridgehead atoms. The normalized spacial score (nSPS) is 15.8. The molecule has 1 saturated heterocycles. The Bertz CT molecular complexity index is 976. The Kier molecular flexibility index (Phi) is 9.28. The van der Waals surface area contributed by atoms with E-state index in [0.717, 1.165) is 24.2 Å². The van der Waals surface area contributed by atoms with E-state index in [4.69, 9.17) is 16.3 Å². The van der Waals surface area contributed by atoms with Crippen molar-refractivity contribution < 1.29 is 17.9 Å². The molecule has 1 atom stereocenters. The van der Waals surface area contributed by atoms with Gasteiger partial charge in [-0.2, -0.15) is 4.31 Å². The van der Waals surface area contributed by atoms with Gasteiger partial charge in [-0.3, -0.25) is 4.79 Å². The van der Waals surface area contributed by atoms with Gasteiger partial charge in [-0.1, -0.05) is 24.9 Å². The second kappa shape index (κ2) is 11.9. The zero-order valence-electron chi connectivity index (χ0n) is 18.1. The first kappa shape index (κ1) is 24.9. The van der Waals surface area contributed by atoms with E-state index in [1.165, 1.54) is 11.8 Å². The number of hydrogen-bond acceptors (Lipinski definition) is 5. The molecule has 6 nitrogen and oxygen atoms in total. The molecule has 1 amide bonds. The summed E-state index contributed by atoms with van der Waals surface area (Å²) < 4.78 is 32.6. The highest BCUT2D eigenvalue weighted by molar-refractivity contribution is 8.00. The van der Waals surface area contributed by atoms with Crippen LogP contribution >= 0.6 is 23.4 Å². The van der Waals surface area contributed by atoms with Gasteiger partial charge >= 0.3 is 0 Å². The summed E-state index contributed by atoms with van der Waals surface area (Å²) in [6, 6.07) is 13.9. The summed E-state index contributed by atoms with van der Waals surface area (Å²) >= 11 is 7.41. The summed E-state index contributed by atoms with van der Waals surface area (Å²) in [6.07, 6.45) is 3.59. The van der Waals surface area contributed by atoms with E-state index in [1.807, 2.05) is 31.2 Å². The molecule has 0 aliphatic carbocycles. The zero-order chi connectivity index (χ0) is 23.0. The first-order valence-corrected chi connectivity index (χ1v) is 13.5. The van der Waals surface area contributed by atoms with Gasteiger partial charge in [0.25, 0.3) is 0 Å². The molecule has 3 rings (SSSR count). The second-order valence-corrected chi connectivity index (χ2v) is 11.2. The number of piperidine rings is 1. The van der Waals surface area contributed by atoms with Crippen LogP contribution in [0, 0.1) is 0 Å². The molecule has 1 fully saturated rings. The molecule has 0 aromatic heterocycles. The van der Waals surface area contributed by atoms with Gasteiger partial charge in [-0.05, 0) is 67.8 Å². The molecule has 0 unspecified atom stereocenters. The van der Waals surface area contributed by atoms with Crippen molar-refractivity contribution in [2.24, 2.45) is 0 Å². The highest BCUT2D eigenvalue weighted by Gasteiger charge is 2.25. The summed E-state index contributed by atoms with van der Waals surface area (Å²) in [5.74, 6) is 0.526. The Morgan fingerprint density at radius 1 is 1.09 bits per heavy atom. The molecule has 1 heterocycles. The molecule has 0 saturated carbocycles. The third-order valence-electron chi connectivity index (χ3n) is 5.20. The standard InChI is InChI=1S/C23H29ClN2O4S2/c1-2-22(31-20-10-6-18(24)7-11-20)23(27)25-14-17-30-19-8-12-21(13-9-19)32(28,29)26-15-4-3-5-16-26/h6-13,22H,2-5,14-17H2,1H3,(H,25,27)/t22-/m1/s1. The van der Waals surface area contributed by atoms with Gasteiger partial charge in [-0.25, -0.2) is 8.42 Å². The predicted octanol–water partition coefficient (Wildman–Crippen LogP) is 4.58. The number of hydrogen-bond donors (Lipinski definition) is 1. The Morgan fingerprint density at radius 2 is 1.75 bits per heavy atom. The lowest BCUT2D eigenvalue weighted by Gasteiger charge is -2.25. The van der Waals surface area contributed by atoms with Crippen molar-refractivity contribution in [2.75, 3.05) is 26.2 Å². The summed E-state index contributed by atoms with van der Waals surface area (Å²) in [7, 11) is -3.44. The highest BCUT2D eigenvalue weighted by atomic mass is 35.5. The van der Waals surface area contributed by atoms with Crippen LogP contribution in [0.2, 0.25) is 5.02 Å². The van der Waals surface area contributed by atoms with Crippen LogP contribution in [-0.4, -0.2) is 50.1 Å². The Morgan fingerprint density at radius 3 is 2.38 bits per heavy atom. The van der Waals surface area contributed by atoms with Gasteiger partial charge in [0.05, 0.1) is 16.7 Å². The highest BCUT2D eigenvalue weighted by Crippen LogP contribution is 2.27. The SMILES string of the molecule is CC[C@@H](Sc1ccc(Cl)cc1)C(=O)NCCOc1ccc(S(=O)(=O)N2CCCCC2)cc1. The monoisotopic (exact) mass is 496 g/mol. The lowest BCUT2D eigenvalue weighted by atomic mass is 10.2. The van der Waals surface area contributed by atoms with Crippen molar-refractivity contribution in [1.82, 2.24) is 9.62 Å². The smallest absolute Gasteiger partial charge is 0.243 e. The van der Waals surface area contributed by atoms with Crippen LogP contribution in [0.25, 0.3) is 0 Å². The summed E-state index contributed by atoms with van der Waals surface area (Å²) in [4.78, 5) is 13.8. The molecule has 0 spiro atoms. The number of rotatable bonds is 10. The van der Waals surface area contributed by atoms with Gasteiger partial charge in [-0.15, -0.1) is 11.8 Å². The average Bonchev–Trinajstić information content (AvgIpc) is 2.82. The van der Waals surface area contributed by atoms with Crippen molar-refractivity contribution >= 4 is 39.3 Å². The van der Waals surface area contributed by atoms with E-state index >= 15 is 0 Å². The number of benzene rings is 2. The number of carbonyl (C=O) groups is 1. The fourth-order valence-corrected chi connectivity index (χ4v) is 6.04. The maximum atomic E-state index is 12.7. The van der Waals surface area contributed by atoms with E-state index in [-0.39, 0.29) is 16.1 Å². The fraction of sp³-hybridized carbons (Fsp3) is 0.435. The van der Waals surface area contributed by atoms with Crippen molar-refractivity contribution in [3.8, 4) is 5.75 Å². The molecule has 174 valence electrons. The van der Waals surface area contributed by atoms with Crippen molar-refractivity contribution in [2.45, 2.75) is 47.6 Å². The van der Waals surface area contributed by atoms with Gasteiger partial charge in [0, 0.05) is 23.0 Å². The van der Waals surface area contributed by atoms with Crippen LogP contribution in [-0.2, 0) is 14.8 Å². The van der Waals surface area contributed by atoms with Crippen LogP contribution < -0.4 is 10.1 Å². The molecular formula is C23H29ClN2O4S2. The third-order valence-corrected chi connectivity index (χ3v) is 8.74. The Labute approximate surface area is 199 Å². The number of halogens is 1. The number of thioether (sulfide) groups is 1. The molecule has 9 heteroatoms. The van der Waals surface area contributed by atoms with Crippen LogP contribution in [0.1, 0.15) is 32.6 Å². The molecule has 2 aromatic carbocycles. The predicted molar refractivity (Wildman–Crippen MR) is 129 cm³/mol. The van der Waals surface area contributed by atoms with Crippen LogP contribution in [0.3, 0.4) is 0 Å². The maximum Gasteiger partial charge on any atom is 0.243 e. The van der Waals surface area contributed by atoms with Crippen molar-refractivity contribution in [3.05, 3.63) is 53.6 Å². The number of sulfonamides is 1. The number of nitrogens with one attached hydrogen (secondary N) is 1. The first-order valence-electron chi connectivity index (χ1n) is 10.8. The van der Waals surface area contributed by atoms with Gasteiger partial charge in [0.15, 0.2) is 0 Å². The number of carbonyl (C=O) groups excluding carboxylic acids is 1. The molecule has 1 N–H and O–H groups in total. The Hall–Kier alpha value is -1.74. The minimum absolute atomic E-state index is 0.0426. The van der Waals surface area contributed by atoms with E-state index in [2.05, 4.69) is 5.32 Å². The van der Waals surface area contributed by atoms with Gasteiger partial charge < -0.3 is 10.1 Å². The lowest BCUT2D eigenvalue weighted by Crippen LogP contribution is -2.35. The maximum absolute atomic E-state index is 12.7. The fourth-order valence-electron chi connectivity index (χ4n) is 3.42. The minimum atomic E-state index is -3.44. The molecule has 1 aliphatic heterocycles. The topological polar surface area (TPSA) is 75.7 Å². The van der Waals surface area contributed by atoms with Gasteiger partial charge in [0.2, 0.25) is 15.9 Å². The van der Waals surface area contributed by atoms with E-state index in [1.54, 1.807) is 28.6 Å². The van der Waals surface area contributed by atoms with Crippen LogP contribution in [0.5, 0.6) is 5.75 Å². The number of ether oxygens (including phenoxy) is 1. The van der Waals surface area contributed by atoms with E-state index in [0.29, 0.717) is 43.4 Å². The first-order chi connectivity index (χ1) is 15.4. The minimum Gasteiger partial charge on any atom is -0.492 e. The van der Waals surface area contributed by atoms with Crippen LogP contribution in [0.15, 0.2) is 58.3 Å². The average molecular weight is 497 g/mol. The number of nitrogens with zero attached hydrogens (tertiary/aromatic N) is 1. The number of amides is 1. The third kappa shape index (κ3) is 6.88. The summed E-state index contributed by atoms with van der Waals surface area (Å²) in [5, 5.41) is 3.37. The molecule has 0 radical (unpaired) electrons. The van der Waals surface area contributed by atoms with E-state index in [9.17, 15) is 13.2 Å². The second-order valence-electron chi connectivity index (χ2n) is 7.54. The van der Waals surface area contributed by atoms with Crippen LogP contribution in [0.4, 0.5) is 0 Å². The Balaban J connectivity index is 1.44. The molecule has 1 aliphatic rings. The van der Waals surface area contributed by atoms with Crippen molar-refractivity contribution in [1.29, 1.82) is 0 Å².